The van der Waals surface area contributed by atoms with E-state index in [0.717, 1.165) is 35.5 Å². The molecule has 0 saturated heterocycles. The second kappa shape index (κ2) is 13.1. The molecule has 0 aliphatic heterocycles. The molecule has 0 amide bonds. The van der Waals surface area contributed by atoms with E-state index >= 15 is 0 Å². The van der Waals surface area contributed by atoms with Gasteiger partial charge in [-0.2, -0.15) is 12.1 Å². The Morgan fingerprint density at radius 3 is 1.14 bits per heavy atom. The zero-order valence-corrected chi connectivity index (χ0v) is 22.7. The molecule has 0 spiro atoms. The molecule has 0 aromatic heterocycles. The van der Waals surface area contributed by atoms with Crippen molar-refractivity contribution in [2.24, 2.45) is 35.5 Å². The van der Waals surface area contributed by atoms with Crippen LogP contribution in [0.4, 0.5) is 0 Å². The molecular formula is C24H44Cl2N2Ti-2. The van der Waals surface area contributed by atoms with Gasteiger partial charge in [0.05, 0.1) is 0 Å². The van der Waals surface area contributed by atoms with Gasteiger partial charge in [0.25, 0.3) is 0 Å². The quantitative estimate of drug-likeness (QED) is 0.362. The molecule has 0 aromatic rings. The summed E-state index contributed by atoms with van der Waals surface area (Å²) in [5.41, 5.74) is 0. The molecule has 0 radical (unpaired) electrons. The predicted octanol–water partition coefficient (Wildman–Crippen LogP) is 8.56. The topological polar surface area (TPSA) is 28.2 Å². The third-order valence-electron chi connectivity index (χ3n) is 7.85. The maximum absolute atomic E-state index is 5.51. The average molecular weight is 479 g/mol. The van der Waals surface area contributed by atoms with Gasteiger partial charge in [-0.3, -0.25) is 0 Å². The number of hydrogen-bond donors (Lipinski definition) is 0. The predicted molar refractivity (Wildman–Crippen MR) is 125 cm³/mol. The summed E-state index contributed by atoms with van der Waals surface area (Å²) in [5, 5.41) is 11.0. The number of nitrogens with zero attached hydrogens (tertiary/aromatic N) is 2. The molecule has 3 fully saturated rings. The number of rotatable bonds is 4. The summed E-state index contributed by atoms with van der Waals surface area (Å²) in [5.74, 6) is 4.78. The number of hydrogen-bond acceptors (Lipinski definition) is 0. The van der Waals surface area contributed by atoms with Gasteiger partial charge in [-0.05, 0) is 37.5 Å². The molecule has 6 unspecified atom stereocenters. The molecule has 3 aliphatic carbocycles. The minimum atomic E-state index is -0.556. The van der Waals surface area contributed by atoms with E-state index in [1.54, 1.807) is 0 Å². The molecule has 170 valence electrons. The Hall–Kier alpha value is 1.21. The van der Waals surface area contributed by atoms with Crippen LogP contribution in [-0.4, -0.2) is 24.2 Å². The van der Waals surface area contributed by atoms with Crippen LogP contribution in [-0.2, 0) is 17.0 Å². The first-order valence-electron chi connectivity index (χ1n) is 12.1. The second-order valence-corrected chi connectivity index (χ2v) is 13.4. The molecule has 0 N–H and O–H groups in total. The van der Waals surface area contributed by atoms with E-state index in [2.05, 4.69) is 41.5 Å². The van der Waals surface area contributed by atoms with Crippen molar-refractivity contribution >= 4 is 18.6 Å². The van der Waals surface area contributed by atoms with E-state index < -0.39 is 17.0 Å². The first kappa shape index (κ1) is 26.5. The van der Waals surface area contributed by atoms with E-state index in [4.69, 9.17) is 29.2 Å². The van der Waals surface area contributed by atoms with Crippen LogP contribution in [0.2, 0.25) is 0 Å². The van der Waals surface area contributed by atoms with Gasteiger partial charge < -0.3 is 10.6 Å². The van der Waals surface area contributed by atoms with Gasteiger partial charge >= 0.3 is 35.6 Å². The zero-order valence-electron chi connectivity index (χ0n) is 19.6. The van der Waals surface area contributed by atoms with Crippen LogP contribution in [0.3, 0.4) is 0 Å². The van der Waals surface area contributed by atoms with Crippen LogP contribution < -0.4 is 0 Å². The van der Waals surface area contributed by atoms with Crippen molar-refractivity contribution in [3.8, 4) is 0 Å². The van der Waals surface area contributed by atoms with Gasteiger partial charge in [0.1, 0.15) is 0 Å². The average Bonchev–Trinajstić information content (AvgIpc) is 2.62. The zero-order chi connectivity index (χ0) is 21.6. The molecule has 29 heavy (non-hydrogen) atoms. The Kier molecular flexibility index (Phi) is 11.9. The summed E-state index contributed by atoms with van der Waals surface area (Å²) in [6.45, 7) is 14.6. The Morgan fingerprint density at radius 1 is 0.586 bits per heavy atom. The van der Waals surface area contributed by atoms with Gasteiger partial charge in [-0.25, -0.2) is 0 Å². The fraction of sp³-hybridized carbons (Fsp3) is 1.00. The summed E-state index contributed by atoms with van der Waals surface area (Å²) in [6.07, 6.45) is 10.7. The van der Waals surface area contributed by atoms with Crippen molar-refractivity contribution in [1.29, 1.82) is 0 Å². The van der Waals surface area contributed by atoms with E-state index in [9.17, 15) is 0 Å². The summed E-state index contributed by atoms with van der Waals surface area (Å²) in [7, 11) is 9.78. The maximum atomic E-state index is 5.51. The van der Waals surface area contributed by atoms with Gasteiger partial charge in [0, 0.05) is 0 Å². The Bertz CT molecular complexity index is 402. The SMILES string of the molecule is CC1CC(C)C([N-]C2CCCCC2[N-]C2C(C)CC(C)CC2C)C(C)C1.[Cl][Ti][Cl]. The molecular weight excluding hydrogens is 435 g/mol. The van der Waals surface area contributed by atoms with Gasteiger partial charge in [-0.15, -0.1) is 12.1 Å². The van der Waals surface area contributed by atoms with Crippen molar-refractivity contribution in [3.63, 3.8) is 0 Å². The van der Waals surface area contributed by atoms with Gasteiger partial charge in [-0.1, -0.05) is 90.9 Å². The molecule has 0 aromatic carbocycles. The van der Waals surface area contributed by atoms with Gasteiger partial charge in [0.2, 0.25) is 0 Å². The first-order chi connectivity index (χ1) is 13.8. The van der Waals surface area contributed by atoms with Crippen LogP contribution in [0.25, 0.3) is 10.6 Å². The van der Waals surface area contributed by atoms with E-state index in [1.165, 1.54) is 51.4 Å². The minimum absolute atomic E-state index is 0.505. The fourth-order valence-electron chi connectivity index (χ4n) is 6.88. The summed E-state index contributed by atoms with van der Waals surface area (Å²) in [6, 6.07) is 2.16. The van der Waals surface area contributed by atoms with Crippen LogP contribution in [0.1, 0.15) is 92.9 Å². The third kappa shape index (κ3) is 7.94. The monoisotopic (exact) mass is 478 g/mol. The van der Waals surface area contributed by atoms with Crippen LogP contribution >= 0.6 is 18.6 Å². The van der Waals surface area contributed by atoms with Crippen LogP contribution in [0.15, 0.2) is 0 Å². The molecule has 3 rings (SSSR count). The second-order valence-electron chi connectivity index (χ2n) is 10.8. The molecule has 5 heteroatoms. The standard InChI is InChI=1S/C24H44N2.2ClH.Ti/c1-15-11-17(3)23(18(4)12-15)25-21-9-7-8-10-22(21)26-24-19(5)13-16(2)14-20(24)6;;;/h15-24H,7-14H2,1-6H3;2*1H;/q-2;;;+2/p-2. The normalized spacial score (nSPS) is 45.8. The fourth-order valence-corrected chi connectivity index (χ4v) is 6.88. The van der Waals surface area contributed by atoms with Crippen LogP contribution in [0, 0.1) is 35.5 Å². The van der Waals surface area contributed by atoms with Crippen molar-refractivity contribution in [3.05, 3.63) is 10.6 Å². The molecule has 0 heterocycles. The Labute approximate surface area is 198 Å². The van der Waals surface area contributed by atoms with Crippen molar-refractivity contribution in [2.75, 3.05) is 0 Å². The Morgan fingerprint density at radius 2 is 0.862 bits per heavy atom. The molecule has 3 saturated carbocycles. The third-order valence-corrected chi connectivity index (χ3v) is 7.85. The van der Waals surface area contributed by atoms with E-state index in [0.29, 0.717) is 24.2 Å². The molecule has 3 aliphatic rings. The molecule has 2 nitrogen and oxygen atoms in total. The molecule has 0 bridgehead atoms. The van der Waals surface area contributed by atoms with Gasteiger partial charge in [0.15, 0.2) is 0 Å². The summed E-state index contributed by atoms with van der Waals surface area (Å²) in [4.78, 5) is 0. The summed E-state index contributed by atoms with van der Waals surface area (Å²) < 4.78 is 0. The Balaban J connectivity index is 0.000000941. The van der Waals surface area contributed by atoms with Crippen molar-refractivity contribution < 1.29 is 17.0 Å². The van der Waals surface area contributed by atoms with Crippen molar-refractivity contribution in [1.82, 2.24) is 0 Å². The first-order valence-corrected chi connectivity index (χ1v) is 16.4. The van der Waals surface area contributed by atoms with E-state index in [-0.39, 0.29) is 0 Å². The van der Waals surface area contributed by atoms with Crippen molar-refractivity contribution in [2.45, 2.75) is 117 Å². The molecule has 6 atom stereocenters. The summed E-state index contributed by atoms with van der Waals surface area (Å²) >= 11 is -0.556. The number of halogens is 2. The van der Waals surface area contributed by atoms with E-state index in [1.807, 2.05) is 0 Å². The van der Waals surface area contributed by atoms with Crippen LogP contribution in [0.5, 0.6) is 0 Å².